The van der Waals surface area contributed by atoms with E-state index in [2.05, 4.69) is 9.88 Å². The van der Waals surface area contributed by atoms with Crippen molar-refractivity contribution < 1.29 is 13.9 Å². The lowest BCUT2D eigenvalue weighted by Crippen LogP contribution is -2.48. The first-order chi connectivity index (χ1) is 13.3. The molecule has 0 aliphatic carbocycles. The quantitative estimate of drug-likeness (QED) is 0.697. The molecule has 1 aliphatic rings. The zero-order valence-electron chi connectivity index (χ0n) is 15.0. The number of rotatable bonds is 5. The molecule has 138 valence electrons. The third kappa shape index (κ3) is 4.11. The second-order valence-corrected chi connectivity index (χ2v) is 6.35. The smallest absolute Gasteiger partial charge is 0.289 e. The number of carbonyl (C=O) groups excluding carboxylic acids is 1. The second-order valence-electron chi connectivity index (χ2n) is 6.35. The molecule has 0 unspecified atom stereocenters. The minimum atomic E-state index is -0.0738. The maximum atomic E-state index is 12.7. The standard InChI is InChI=1S/C21H21N3O3/c25-21(24-14-12-23(13-15-24)17-8-10-22-11-9-17)20-7-6-19(27-20)16-26-18-4-2-1-3-5-18/h1-11H,12-16H2. The predicted molar refractivity (Wildman–Crippen MR) is 102 cm³/mol. The second kappa shape index (κ2) is 7.95. The van der Waals surface area contributed by atoms with Crippen molar-refractivity contribution in [2.24, 2.45) is 0 Å². The number of amides is 1. The van der Waals surface area contributed by atoms with E-state index >= 15 is 0 Å². The van der Waals surface area contributed by atoms with Crippen LogP contribution in [0.5, 0.6) is 5.75 Å². The van der Waals surface area contributed by atoms with Gasteiger partial charge in [0.1, 0.15) is 18.1 Å². The summed E-state index contributed by atoms with van der Waals surface area (Å²) in [5, 5.41) is 0. The van der Waals surface area contributed by atoms with E-state index < -0.39 is 0 Å². The zero-order valence-corrected chi connectivity index (χ0v) is 15.0. The molecular formula is C21H21N3O3. The van der Waals surface area contributed by atoms with Crippen molar-refractivity contribution in [1.82, 2.24) is 9.88 Å². The molecule has 1 fully saturated rings. The molecule has 1 amide bonds. The summed E-state index contributed by atoms with van der Waals surface area (Å²) >= 11 is 0. The number of anilines is 1. The summed E-state index contributed by atoms with van der Waals surface area (Å²) in [6, 6.07) is 17.0. The predicted octanol–water partition coefficient (Wildman–Crippen LogP) is 3.22. The summed E-state index contributed by atoms with van der Waals surface area (Å²) in [4.78, 5) is 20.8. The Kier molecular flexibility index (Phi) is 5.05. The SMILES string of the molecule is O=C(c1ccc(COc2ccccc2)o1)N1CCN(c2ccncc2)CC1. The molecule has 4 rings (SSSR count). The van der Waals surface area contributed by atoms with E-state index in [-0.39, 0.29) is 5.91 Å². The van der Waals surface area contributed by atoms with Crippen LogP contribution in [0.25, 0.3) is 0 Å². The summed E-state index contributed by atoms with van der Waals surface area (Å²) in [6.45, 7) is 3.21. The monoisotopic (exact) mass is 363 g/mol. The number of aromatic nitrogens is 1. The van der Waals surface area contributed by atoms with Crippen molar-refractivity contribution in [2.75, 3.05) is 31.1 Å². The molecule has 0 atom stereocenters. The maximum absolute atomic E-state index is 12.7. The highest BCUT2D eigenvalue weighted by atomic mass is 16.5. The summed E-state index contributed by atoms with van der Waals surface area (Å²) in [5.41, 5.74) is 1.13. The summed E-state index contributed by atoms with van der Waals surface area (Å²) < 4.78 is 11.4. The van der Waals surface area contributed by atoms with Gasteiger partial charge in [-0.2, -0.15) is 0 Å². The van der Waals surface area contributed by atoms with Crippen LogP contribution in [-0.4, -0.2) is 42.0 Å². The molecule has 0 bridgehead atoms. The number of furan rings is 1. The number of piperazine rings is 1. The molecule has 0 saturated carbocycles. The Morgan fingerprint density at radius 3 is 2.44 bits per heavy atom. The molecule has 1 aliphatic heterocycles. The Bertz CT molecular complexity index is 872. The highest BCUT2D eigenvalue weighted by Crippen LogP contribution is 2.18. The van der Waals surface area contributed by atoms with Gasteiger partial charge in [-0.25, -0.2) is 0 Å². The van der Waals surface area contributed by atoms with Gasteiger partial charge in [0.05, 0.1) is 0 Å². The van der Waals surface area contributed by atoms with Gasteiger partial charge in [-0.05, 0) is 36.4 Å². The fourth-order valence-corrected chi connectivity index (χ4v) is 3.12. The van der Waals surface area contributed by atoms with Crippen molar-refractivity contribution in [3.8, 4) is 5.75 Å². The molecule has 1 aromatic carbocycles. The Balaban J connectivity index is 1.32. The molecule has 6 heteroatoms. The van der Waals surface area contributed by atoms with Crippen LogP contribution in [0.2, 0.25) is 0 Å². The molecule has 0 radical (unpaired) electrons. The van der Waals surface area contributed by atoms with Crippen molar-refractivity contribution in [3.05, 3.63) is 78.5 Å². The number of hydrogen-bond acceptors (Lipinski definition) is 5. The van der Waals surface area contributed by atoms with Gasteiger partial charge in [0.25, 0.3) is 5.91 Å². The van der Waals surface area contributed by atoms with E-state index in [9.17, 15) is 4.79 Å². The van der Waals surface area contributed by atoms with Crippen molar-refractivity contribution in [2.45, 2.75) is 6.61 Å². The van der Waals surface area contributed by atoms with Crippen molar-refractivity contribution >= 4 is 11.6 Å². The van der Waals surface area contributed by atoms with Crippen molar-refractivity contribution in [3.63, 3.8) is 0 Å². The summed E-state index contributed by atoms with van der Waals surface area (Å²) in [5.74, 6) is 1.70. The van der Waals surface area contributed by atoms with Gasteiger partial charge in [0, 0.05) is 44.3 Å². The Hall–Kier alpha value is -3.28. The van der Waals surface area contributed by atoms with Gasteiger partial charge in [-0.3, -0.25) is 9.78 Å². The third-order valence-corrected chi connectivity index (χ3v) is 4.59. The number of nitrogens with zero attached hydrogens (tertiary/aromatic N) is 3. The molecule has 0 N–H and O–H groups in total. The first-order valence-electron chi connectivity index (χ1n) is 9.00. The molecular weight excluding hydrogens is 342 g/mol. The van der Waals surface area contributed by atoms with E-state index in [4.69, 9.17) is 9.15 Å². The van der Waals surface area contributed by atoms with Crippen LogP contribution in [0, 0.1) is 0 Å². The maximum Gasteiger partial charge on any atom is 0.289 e. The number of pyridine rings is 1. The third-order valence-electron chi connectivity index (χ3n) is 4.59. The van der Waals surface area contributed by atoms with Crippen molar-refractivity contribution in [1.29, 1.82) is 0 Å². The van der Waals surface area contributed by atoms with Gasteiger partial charge in [0.2, 0.25) is 0 Å². The van der Waals surface area contributed by atoms with Gasteiger partial charge >= 0.3 is 0 Å². The number of carbonyl (C=O) groups is 1. The Morgan fingerprint density at radius 1 is 0.963 bits per heavy atom. The first kappa shape index (κ1) is 17.1. The number of ether oxygens (including phenoxy) is 1. The lowest BCUT2D eigenvalue weighted by molar-refractivity contribution is 0.0710. The molecule has 3 aromatic rings. The van der Waals surface area contributed by atoms with Gasteiger partial charge in [0.15, 0.2) is 5.76 Å². The van der Waals surface area contributed by atoms with E-state index in [0.717, 1.165) is 24.5 Å². The lowest BCUT2D eigenvalue weighted by atomic mass is 10.2. The lowest BCUT2D eigenvalue weighted by Gasteiger charge is -2.35. The van der Waals surface area contributed by atoms with E-state index in [1.54, 1.807) is 24.5 Å². The van der Waals surface area contributed by atoms with Gasteiger partial charge in [-0.15, -0.1) is 0 Å². The topological polar surface area (TPSA) is 58.8 Å². The number of benzene rings is 1. The zero-order chi connectivity index (χ0) is 18.5. The minimum Gasteiger partial charge on any atom is -0.486 e. The fraction of sp³-hybridized carbons (Fsp3) is 0.238. The number of para-hydroxylation sites is 1. The average molecular weight is 363 g/mol. The van der Waals surface area contributed by atoms with Crippen LogP contribution in [0.1, 0.15) is 16.3 Å². The van der Waals surface area contributed by atoms with Crippen LogP contribution in [0.4, 0.5) is 5.69 Å². The molecule has 0 spiro atoms. The highest BCUT2D eigenvalue weighted by molar-refractivity contribution is 5.91. The number of hydrogen-bond donors (Lipinski definition) is 0. The van der Waals surface area contributed by atoms with E-state index in [0.29, 0.717) is 31.2 Å². The van der Waals surface area contributed by atoms with Crippen LogP contribution in [0.3, 0.4) is 0 Å². The molecule has 6 nitrogen and oxygen atoms in total. The van der Waals surface area contributed by atoms with Crippen LogP contribution >= 0.6 is 0 Å². The van der Waals surface area contributed by atoms with E-state index in [1.807, 2.05) is 47.4 Å². The minimum absolute atomic E-state index is 0.0738. The Labute approximate surface area is 158 Å². The van der Waals surface area contributed by atoms with Crippen LogP contribution in [-0.2, 0) is 6.61 Å². The summed E-state index contributed by atoms with van der Waals surface area (Å²) in [7, 11) is 0. The van der Waals surface area contributed by atoms with Gasteiger partial charge in [-0.1, -0.05) is 18.2 Å². The van der Waals surface area contributed by atoms with Gasteiger partial charge < -0.3 is 19.0 Å². The largest absolute Gasteiger partial charge is 0.486 e. The first-order valence-corrected chi connectivity index (χ1v) is 9.00. The van der Waals surface area contributed by atoms with E-state index in [1.165, 1.54) is 0 Å². The van der Waals surface area contributed by atoms with Crippen LogP contribution in [0.15, 0.2) is 71.4 Å². The molecule has 2 aromatic heterocycles. The fourth-order valence-electron chi connectivity index (χ4n) is 3.12. The summed E-state index contributed by atoms with van der Waals surface area (Å²) in [6.07, 6.45) is 3.57. The highest BCUT2D eigenvalue weighted by Gasteiger charge is 2.24. The molecule has 27 heavy (non-hydrogen) atoms. The average Bonchev–Trinajstić information content (AvgIpc) is 3.22. The molecule has 3 heterocycles. The van der Waals surface area contributed by atoms with Crippen LogP contribution < -0.4 is 9.64 Å². The Morgan fingerprint density at radius 2 is 1.70 bits per heavy atom. The molecule has 1 saturated heterocycles. The normalized spacial score (nSPS) is 14.2.